The Morgan fingerprint density at radius 2 is 1.53 bits per heavy atom. The van der Waals surface area contributed by atoms with Crippen LogP contribution in [0.4, 0.5) is 10.5 Å². The zero-order valence-electron chi connectivity index (χ0n) is 21.8. The fourth-order valence-electron chi connectivity index (χ4n) is 3.91. The van der Waals surface area contributed by atoms with E-state index in [0.717, 1.165) is 16.7 Å². The van der Waals surface area contributed by atoms with E-state index >= 15 is 0 Å². The number of carbonyl (C=O) groups is 3. The maximum absolute atomic E-state index is 13.8. The largest absolute Gasteiger partial charge is 0.444 e. The number of para-hydroxylation sites is 1. The number of rotatable bonds is 9. The van der Waals surface area contributed by atoms with Gasteiger partial charge in [0.1, 0.15) is 17.7 Å². The van der Waals surface area contributed by atoms with Gasteiger partial charge in [0.25, 0.3) is 5.91 Å². The summed E-state index contributed by atoms with van der Waals surface area (Å²) in [6, 6.07) is 10.2. The minimum atomic E-state index is -1.38. The minimum absolute atomic E-state index is 0.203. The van der Waals surface area contributed by atoms with Crippen LogP contribution in [0.15, 0.2) is 42.5 Å². The molecule has 196 valence electrons. The number of aryl methyl sites for hydroxylation is 3. The predicted molar refractivity (Wildman–Crippen MR) is 138 cm³/mol. The molecule has 36 heavy (non-hydrogen) atoms. The molecule has 9 heteroatoms. The molecule has 3 amide bonds. The zero-order valence-corrected chi connectivity index (χ0v) is 21.8. The van der Waals surface area contributed by atoms with Gasteiger partial charge in [-0.25, -0.2) is 4.79 Å². The Bertz CT molecular complexity index is 1060. The lowest BCUT2D eigenvalue weighted by Crippen LogP contribution is -2.54. The van der Waals surface area contributed by atoms with Gasteiger partial charge in [0, 0.05) is 12.2 Å². The van der Waals surface area contributed by atoms with Gasteiger partial charge < -0.3 is 30.5 Å². The van der Waals surface area contributed by atoms with E-state index in [4.69, 9.17) is 4.74 Å². The molecule has 0 spiro atoms. The van der Waals surface area contributed by atoms with Gasteiger partial charge >= 0.3 is 6.09 Å². The van der Waals surface area contributed by atoms with Crippen LogP contribution in [-0.4, -0.2) is 64.4 Å². The molecule has 0 heterocycles. The van der Waals surface area contributed by atoms with Crippen molar-refractivity contribution in [3.63, 3.8) is 0 Å². The Hall–Kier alpha value is -3.43. The van der Waals surface area contributed by atoms with Crippen LogP contribution in [0.25, 0.3) is 0 Å². The summed E-state index contributed by atoms with van der Waals surface area (Å²) in [6.45, 7) is 9.18. The van der Waals surface area contributed by atoms with Crippen LogP contribution in [-0.2, 0) is 14.3 Å². The van der Waals surface area contributed by atoms with E-state index in [-0.39, 0.29) is 6.54 Å². The number of ether oxygens (including phenoxy) is 1. The Labute approximate surface area is 212 Å². The first-order valence-corrected chi connectivity index (χ1v) is 11.8. The number of nitrogens with zero attached hydrogens (tertiary/aromatic N) is 1. The summed E-state index contributed by atoms with van der Waals surface area (Å²) in [6.07, 6.45) is -0.883. The third-order valence-corrected chi connectivity index (χ3v) is 5.57. The summed E-state index contributed by atoms with van der Waals surface area (Å²) >= 11 is 0. The number of hydrogen-bond donors (Lipinski definition) is 4. The van der Waals surface area contributed by atoms with Crippen LogP contribution in [0.5, 0.6) is 0 Å². The van der Waals surface area contributed by atoms with Crippen molar-refractivity contribution in [3.05, 3.63) is 64.7 Å². The molecule has 2 aromatic carbocycles. The summed E-state index contributed by atoms with van der Waals surface area (Å²) in [5, 5.41) is 25.1. The average Bonchev–Trinajstić information content (AvgIpc) is 2.78. The summed E-state index contributed by atoms with van der Waals surface area (Å²) < 4.78 is 5.22. The van der Waals surface area contributed by atoms with Crippen molar-refractivity contribution < 1.29 is 29.3 Å². The molecule has 0 radical (unpaired) electrons. The minimum Gasteiger partial charge on any atom is -0.444 e. The predicted octanol–water partition coefficient (Wildman–Crippen LogP) is 3.00. The highest BCUT2D eigenvalue weighted by Gasteiger charge is 2.37. The number of benzene rings is 2. The van der Waals surface area contributed by atoms with Crippen LogP contribution in [0.2, 0.25) is 0 Å². The number of aliphatic hydroxyl groups is 2. The van der Waals surface area contributed by atoms with E-state index < -0.39 is 48.8 Å². The summed E-state index contributed by atoms with van der Waals surface area (Å²) in [5.74, 6) is -1.22. The normalized spacial score (nSPS) is 12.9. The Kier molecular flexibility index (Phi) is 10.0. The van der Waals surface area contributed by atoms with Crippen LogP contribution >= 0.6 is 0 Å². The van der Waals surface area contributed by atoms with Crippen LogP contribution in [0.3, 0.4) is 0 Å². The molecule has 2 aromatic rings. The van der Waals surface area contributed by atoms with Gasteiger partial charge in [0.15, 0.2) is 0 Å². The quantitative estimate of drug-likeness (QED) is 0.420. The third-order valence-electron chi connectivity index (χ3n) is 5.57. The first-order chi connectivity index (χ1) is 16.9. The molecule has 0 aromatic heterocycles. The van der Waals surface area contributed by atoms with E-state index in [9.17, 15) is 24.6 Å². The van der Waals surface area contributed by atoms with E-state index in [1.54, 1.807) is 32.9 Å². The molecule has 0 saturated carbocycles. The molecule has 2 atom stereocenters. The average molecular weight is 500 g/mol. The van der Waals surface area contributed by atoms with E-state index in [0.29, 0.717) is 11.3 Å². The highest BCUT2D eigenvalue weighted by atomic mass is 16.6. The zero-order chi connectivity index (χ0) is 27.0. The van der Waals surface area contributed by atoms with Crippen LogP contribution in [0, 0.1) is 20.8 Å². The molecule has 0 aliphatic heterocycles. The molecule has 4 N–H and O–H groups in total. The second kappa shape index (κ2) is 12.5. The number of nitrogens with one attached hydrogen (secondary N) is 2. The molecular formula is C27H37N3O6. The van der Waals surface area contributed by atoms with Crippen molar-refractivity contribution in [2.75, 3.05) is 25.1 Å². The second-order valence-corrected chi connectivity index (χ2v) is 9.65. The van der Waals surface area contributed by atoms with Crippen molar-refractivity contribution in [1.82, 2.24) is 10.2 Å². The lowest BCUT2D eigenvalue weighted by atomic mass is 9.93. The Morgan fingerprint density at radius 1 is 0.944 bits per heavy atom. The lowest BCUT2D eigenvalue weighted by Gasteiger charge is -2.35. The van der Waals surface area contributed by atoms with Crippen molar-refractivity contribution >= 4 is 23.6 Å². The van der Waals surface area contributed by atoms with Crippen molar-refractivity contribution in [2.45, 2.75) is 59.2 Å². The van der Waals surface area contributed by atoms with E-state index in [1.165, 1.54) is 4.90 Å². The van der Waals surface area contributed by atoms with Gasteiger partial charge in [0.05, 0.1) is 13.2 Å². The highest BCUT2D eigenvalue weighted by molar-refractivity contribution is 5.99. The number of hydrogen-bond acceptors (Lipinski definition) is 6. The smallest absolute Gasteiger partial charge is 0.408 e. The second-order valence-electron chi connectivity index (χ2n) is 9.65. The molecule has 0 bridgehead atoms. The van der Waals surface area contributed by atoms with Gasteiger partial charge in [-0.15, -0.1) is 0 Å². The van der Waals surface area contributed by atoms with Crippen molar-refractivity contribution in [3.8, 4) is 0 Å². The number of anilines is 1. The Balaban J connectivity index is 2.52. The standard InChI is InChI=1S/C27H37N3O6/c1-17-10-7-8-13-20(17)28-24(33)23(22-18(2)11-9-12-19(22)3)30(14-15-31)25(34)21(16-32)29-26(35)36-27(4,5)6/h7-13,21,23,31-32H,14-16H2,1-6H3,(H,28,33)(H,29,35). The molecule has 0 saturated heterocycles. The fourth-order valence-corrected chi connectivity index (χ4v) is 3.91. The van der Waals surface area contributed by atoms with Crippen molar-refractivity contribution in [2.24, 2.45) is 0 Å². The van der Waals surface area contributed by atoms with E-state index in [2.05, 4.69) is 10.6 Å². The van der Waals surface area contributed by atoms with E-state index in [1.807, 2.05) is 51.1 Å². The molecule has 2 unspecified atom stereocenters. The summed E-state index contributed by atoms with van der Waals surface area (Å²) in [7, 11) is 0. The number of alkyl carbamates (subject to hydrolysis) is 1. The SMILES string of the molecule is Cc1ccccc1NC(=O)C(c1c(C)cccc1C)N(CCO)C(=O)C(CO)NC(=O)OC(C)(C)C. The van der Waals surface area contributed by atoms with Crippen molar-refractivity contribution in [1.29, 1.82) is 0 Å². The molecule has 0 aliphatic carbocycles. The number of aliphatic hydroxyl groups excluding tert-OH is 2. The lowest BCUT2D eigenvalue weighted by molar-refractivity contribution is -0.142. The van der Waals surface area contributed by atoms with Crippen LogP contribution < -0.4 is 10.6 Å². The third kappa shape index (κ3) is 7.53. The van der Waals surface area contributed by atoms with Gasteiger partial charge in [0.2, 0.25) is 5.91 Å². The van der Waals surface area contributed by atoms with Gasteiger partial charge in [-0.1, -0.05) is 36.4 Å². The molecular weight excluding hydrogens is 462 g/mol. The number of carbonyl (C=O) groups excluding carboxylic acids is 3. The highest BCUT2D eigenvalue weighted by Crippen LogP contribution is 2.30. The molecule has 0 fully saturated rings. The topological polar surface area (TPSA) is 128 Å². The molecule has 0 aliphatic rings. The van der Waals surface area contributed by atoms with Gasteiger partial charge in [-0.3, -0.25) is 9.59 Å². The first-order valence-electron chi connectivity index (χ1n) is 11.8. The van der Waals surface area contributed by atoms with Gasteiger partial charge in [-0.05, 0) is 69.9 Å². The van der Waals surface area contributed by atoms with Crippen LogP contribution in [0.1, 0.15) is 49.1 Å². The number of amides is 3. The fraction of sp³-hybridized carbons (Fsp3) is 0.444. The Morgan fingerprint density at radius 3 is 2.06 bits per heavy atom. The maximum Gasteiger partial charge on any atom is 0.408 e. The summed E-state index contributed by atoms with van der Waals surface area (Å²) in [5.41, 5.74) is 2.75. The maximum atomic E-state index is 13.8. The molecule has 2 rings (SSSR count). The van der Waals surface area contributed by atoms with Gasteiger partial charge in [-0.2, -0.15) is 0 Å². The summed E-state index contributed by atoms with van der Waals surface area (Å²) in [4.78, 5) is 40.9. The first kappa shape index (κ1) is 28.8. The monoisotopic (exact) mass is 499 g/mol. The molecule has 9 nitrogen and oxygen atoms in total.